The SMILES string of the molecule is CN(C)c1c(OCC2CC2)ccc2c(CCC3CCN(c4ccncn4)CC3)noc12. The van der Waals surface area contributed by atoms with Crippen molar-refractivity contribution in [3.8, 4) is 5.75 Å². The Morgan fingerprint density at radius 2 is 1.94 bits per heavy atom. The predicted molar refractivity (Wildman–Crippen MR) is 122 cm³/mol. The van der Waals surface area contributed by atoms with Crippen molar-refractivity contribution in [2.75, 3.05) is 43.6 Å². The van der Waals surface area contributed by atoms with E-state index in [0.717, 1.165) is 72.4 Å². The van der Waals surface area contributed by atoms with Crippen LogP contribution in [0.3, 0.4) is 0 Å². The van der Waals surface area contributed by atoms with E-state index in [2.05, 4.69) is 37.1 Å². The highest BCUT2D eigenvalue weighted by Gasteiger charge is 2.25. The van der Waals surface area contributed by atoms with Gasteiger partial charge in [-0.25, -0.2) is 9.97 Å². The molecule has 7 nitrogen and oxygen atoms in total. The second-order valence-electron chi connectivity index (χ2n) is 9.10. The Bertz CT molecular complexity index is 1010. The van der Waals surface area contributed by atoms with Crippen molar-refractivity contribution in [2.24, 2.45) is 11.8 Å². The molecule has 164 valence electrons. The Morgan fingerprint density at radius 1 is 1.10 bits per heavy atom. The lowest BCUT2D eigenvalue weighted by Gasteiger charge is -2.32. The molecule has 31 heavy (non-hydrogen) atoms. The Morgan fingerprint density at radius 3 is 2.65 bits per heavy atom. The fourth-order valence-corrected chi connectivity index (χ4v) is 4.50. The van der Waals surface area contributed by atoms with Gasteiger partial charge in [0.25, 0.3) is 0 Å². The molecule has 1 saturated carbocycles. The third-order valence-electron chi connectivity index (χ3n) is 6.57. The molecule has 5 rings (SSSR count). The molecule has 2 aliphatic rings. The van der Waals surface area contributed by atoms with Crippen molar-refractivity contribution in [3.05, 3.63) is 36.4 Å². The number of nitrogens with zero attached hydrogens (tertiary/aromatic N) is 5. The minimum atomic E-state index is 0.708. The Balaban J connectivity index is 1.23. The third-order valence-corrected chi connectivity index (χ3v) is 6.57. The lowest BCUT2D eigenvalue weighted by Crippen LogP contribution is -2.34. The number of benzene rings is 1. The number of hydrogen-bond acceptors (Lipinski definition) is 7. The van der Waals surface area contributed by atoms with Crippen LogP contribution in [0.2, 0.25) is 0 Å². The minimum Gasteiger partial charge on any atom is -0.491 e. The third kappa shape index (κ3) is 4.45. The first-order chi connectivity index (χ1) is 15.2. The maximum Gasteiger partial charge on any atom is 0.194 e. The van der Waals surface area contributed by atoms with Crippen molar-refractivity contribution >= 4 is 22.5 Å². The summed E-state index contributed by atoms with van der Waals surface area (Å²) in [5, 5.41) is 5.56. The lowest BCUT2D eigenvalue weighted by molar-refractivity contribution is 0.300. The maximum atomic E-state index is 6.10. The van der Waals surface area contributed by atoms with Crippen LogP contribution in [0, 0.1) is 11.8 Å². The van der Waals surface area contributed by atoms with E-state index in [1.54, 1.807) is 6.33 Å². The summed E-state index contributed by atoms with van der Waals surface area (Å²) in [6.07, 6.45) is 10.4. The van der Waals surface area contributed by atoms with Crippen LogP contribution in [0.5, 0.6) is 5.75 Å². The number of rotatable bonds is 8. The summed E-state index contributed by atoms with van der Waals surface area (Å²) in [5.41, 5.74) is 2.90. The highest BCUT2D eigenvalue weighted by Crippen LogP contribution is 2.39. The summed E-state index contributed by atoms with van der Waals surface area (Å²) in [7, 11) is 4.07. The van der Waals surface area contributed by atoms with Gasteiger partial charge in [-0.05, 0) is 68.6 Å². The molecule has 0 N–H and O–H groups in total. The fourth-order valence-electron chi connectivity index (χ4n) is 4.50. The zero-order chi connectivity index (χ0) is 21.2. The van der Waals surface area contributed by atoms with Gasteiger partial charge >= 0.3 is 0 Å². The van der Waals surface area contributed by atoms with Gasteiger partial charge < -0.3 is 19.1 Å². The number of hydrogen-bond donors (Lipinski definition) is 0. The van der Waals surface area contributed by atoms with Crippen LogP contribution in [-0.2, 0) is 6.42 Å². The van der Waals surface area contributed by atoms with Gasteiger partial charge in [0.1, 0.15) is 23.6 Å². The molecule has 1 aliphatic heterocycles. The number of fused-ring (bicyclic) bond motifs is 1. The van der Waals surface area contributed by atoms with Crippen molar-refractivity contribution < 1.29 is 9.26 Å². The molecule has 0 bridgehead atoms. The quantitative estimate of drug-likeness (QED) is 0.536. The number of aromatic nitrogens is 3. The molecule has 0 spiro atoms. The largest absolute Gasteiger partial charge is 0.491 e. The minimum absolute atomic E-state index is 0.708. The molecule has 3 aromatic rings. The number of anilines is 2. The summed E-state index contributed by atoms with van der Waals surface area (Å²) in [4.78, 5) is 12.8. The second-order valence-corrected chi connectivity index (χ2v) is 9.10. The van der Waals surface area contributed by atoms with Crippen LogP contribution in [0.25, 0.3) is 11.0 Å². The van der Waals surface area contributed by atoms with E-state index in [-0.39, 0.29) is 0 Å². The summed E-state index contributed by atoms with van der Waals surface area (Å²) in [6, 6.07) is 6.20. The normalized spacial score (nSPS) is 17.3. The lowest BCUT2D eigenvalue weighted by atomic mass is 9.91. The molecule has 0 radical (unpaired) electrons. The molecule has 1 saturated heterocycles. The van der Waals surface area contributed by atoms with E-state index in [0.29, 0.717) is 5.92 Å². The molecule has 1 aromatic carbocycles. The zero-order valence-corrected chi connectivity index (χ0v) is 18.5. The molecular weight excluding hydrogens is 390 g/mol. The van der Waals surface area contributed by atoms with Gasteiger partial charge in [0, 0.05) is 38.8 Å². The number of aryl methyl sites for hydroxylation is 1. The molecular formula is C24H31N5O2. The van der Waals surface area contributed by atoms with Crippen molar-refractivity contribution in [3.63, 3.8) is 0 Å². The van der Waals surface area contributed by atoms with Gasteiger partial charge in [-0.2, -0.15) is 0 Å². The van der Waals surface area contributed by atoms with Crippen molar-refractivity contribution in [1.82, 2.24) is 15.1 Å². The van der Waals surface area contributed by atoms with E-state index in [4.69, 9.17) is 9.26 Å². The summed E-state index contributed by atoms with van der Waals surface area (Å²) >= 11 is 0. The second kappa shape index (κ2) is 8.73. The standard InChI is InChI=1S/C24H31N5O2/c1-28(2)23-21(30-15-18-3-4-18)8-6-19-20(27-31-24(19)23)7-5-17-10-13-29(14-11-17)22-9-12-25-16-26-22/h6,8-9,12,16-18H,3-5,7,10-11,13-15H2,1-2H3. The van der Waals surface area contributed by atoms with Gasteiger partial charge in [-0.15, -0.1) is 0 Å². The van der Waals surface area contributed by atoms with Crippen LogP contribution >= 0.6 is 0 Å². The van der Waals surface area contributed by atoms with Gasteiger partial charge in [0.05, 0.1) is 12.3 Å². The summed E-state index contributed by atoms with van der Waals surface area (Å²) in [6.45, 7) is 2.89. The van der Waals surface area contributed by atoms with Crippen LogP contribution in [-0.4, -0.2) is 48.9 Å². The molecule has 2 fully saturated rings. The Kier molecular flexibility index (Phi) is 5.66. The van der Waals surface area contributed by atoms with Gasteiger partial charge in [-0.1, -0.05) is 5.16 Å². The van der Waals surface area contributed by atoms with Crippen LogP contribution in [0.15, 0.2) is 35.2 Å². The highest BCUT2D eigenvalue weighted by atomic mass is 16.5. The van der Waals surface area contributed by atoms with E-state index >= 15 is 0 Å². The predicted octanol–water partition coefficient (Wildman–Crippen LogP) is 4.32. The molecule has 7 heteroatoms. The average Bonchev–Trinajstić information content (AvgIpc) is 3.55. The highest BCUT2D eigenvalue weighted by molar-refractivity contribution is 5.94. The van der Waals surface area contributed by atoms with Gasteiger partial charge in [0.15, 0.2) is 5.58 Å². The monoisotopic (exact) mass is 421 g/mol. The molecule has 1 aliphatic carbocycles. The Hall–Kier alpha value is -2.83. The maximum absolute atomic E-state index is 6.10. The number of piperidine rings is 1. The van der Waals surface area contributed by atoms with Crippen molar-refractivity contribution in [2.45, 2.75) is 38.5 Å². The molecule has 0 unspecified atom stereocenters. The molecule has 0 amide bonds. The van der Waals surface area contributed by atoms with E-state index < -0.39 is 0 Å². The average molecular weight is 422 g/mol. The van der Waals surface area contributed by atoms with E-state index in [1.807, 2.05) is 26.4 Å². The fraction of sp³-hybridized carbons (Fsp3) is 0.542. The summed E-state index contributed by atoms with van der Waals surface area (Å²) < 4.78 is 11.9. The van der Waals surface area contributed by atoms with Crippen LogP contribution < -0.4 is 14.5 Å². The smallest absolute Gasteiger partial charge is 0.194 e. The van der Waals surface area contributed by atoms with Gasteiger partial charge in [-0.3, -0.25) is 0 Å². The molecule has 2 aromatic heterocycles. The molecule has 3 heterocycles. The topological polar surface area (TPSA) is 67.5 Å². The van der Waals surface area contributed by atoms with E-state index in [9.17, 15) is 0 Å². The first kappa shape index (κ1) is 20.1. The first-order valence-electron chi connectivity index (χ1n) is 11.4. The summed E-state index contributed by atoms with van der Waals surface area (Å²) in [5.74, 6) is 3.35. The molecule has 0 atom stereocenters. The van der Waals surface area contributed by atoms with Crippen LogP contribution in [0.4, 0.5) is 11.5 Å². The Labute approximate surface area is 183 Å². The zero-order valence-electron chi connectivity index (χ0n) is 18.5. The van der Waals surface area contributed by atoms with Crippen LogP contribution in [0.1, 0.15) is 37.8 Å². The number of ether oxygens (including phenoxy) is 1. The first-order valence-corrected chi connectivity index (χ1v) is 11.4. The van der Waals surface area contributed by atoms with Gasteiger partial charge in [0.2, 0.25) is 0 Å². The van der Waals surface area contributed by atoms with E-state index in [1.165, 1.54) is 25.7 Å². The van der Waals surface area contributed by atoms with Crippen molar-refractivity contribution in [1.29, 1.82) is 0 Å².